The molecular weight excluding hydrogens is 448 g/mol. The van der Waals surface area contributed by atoms with Crippen LogP contribution < -0.4 is 0 Å². The average molecular weight is 475 g/mol. The van der Waals surface area contributed by atoms with Crippen molar-refractivity contribution in [2.45, 2.75) is 18.7 Å². The molecule has 34 heavy (non-hydrogen) atoms. The first kappa shape index (κ1) is 22.3. The number of amides is 1. The van der Waals surface area contributed by atoms with Gasteiger partial charge in [0, 0.05) is 37.4 Å². The predicted octanol–water partition coefficient (Wildman–Crippen LogP) is 3.79. The second-order valence-electron chi connectivity index (χ2n) is 8.54. The van der Waals surface area contributed by atoms with Crippen LogP contribution in [0.2, 0.25) is 0 Å². The van der Waals surface area contributed by atoms with Crippen LogP contribution in [0.1, 0.15) is 21.7 Å². The minimum Gasteiger partial charge on any atom is -0.336 e. The minimum absolute atomic E-state index is 0.110. The first-order chi connectivity index (χ1) is 16.3. The molecule has 7 nitrogen and oxygen atoms in total. The van der Waals surface area contributed by atoms with Crippen molar-refractivity contribution < 1.29 is 13.2 Å². The Bertz CT molecular complexity index is 1450. The number of rotatable bonds is 4. The van der Waals surface area contributed by atoms with Gasteiger partial charge in [-0.15, -0.1) is 0 Å². The van der Waals surface area contributed by atoms with E-state index in [1.54, 1.807) is 29.2 Å². The molecule has 0 saturated carbocycles. The Morgan fingerprint density at radius 1 is 0.853 bits per heavy atom. The number of nitrogens with zero attached hydrogens (tertiary/aromatic N) is 4. The number of carbonyl (C=O) groups excluding carboxylic acids is 1. The highest BCUT2D eigenvalue weighted by Gasteiger charge is 2.30. The topological polar surface area (TPSA) is 75.5 Å². The van der Waals surface area contributed by atoms with Crippen LogP contribution in [0.15, 0.2) is 77.7 Å². The third-order valence-electron chi connectivity index (χ3n) is 6.27. The van der Waals surface area contributed by atoms with E-state index >= 15 is 0 Å². The highest BCUT2D eigenvalue weighted by atomic mass is 32.2. The Kier molecular flexibility index (Phi) is 5.71. The van der Waals surface area contributed by atoms with Crippen molar-refractivity contribution in [1.82, 2.24) is 18.8 Å². The molecule has 4 aromatic rings. The van der Waals surface area contributed by atoms with Gasteiger partial charge in [-0.25, -0.2) is 13.4 Å². The van der Waals surface area contributed by atoms with E-state index in [1.807, 2.05) is 62.4 Å². The lowest BCUT2D eigenvalue weighted by molar-refractivity contribution is 0.0698. The second kappa shape index (κ2) is 8.70. The number of piperazine rings is 1. The third kappa shape index (κ3) is 3.99. The van der Waals surface area contributed by atoms with Crippen LogP contribution in [0.3, 0.4) is 0 Å². The third-order valence-corrected chi connectivity index (χ3v) is 8.18. The van der Waals surface area contributed by atoms with E-state index in [2.05, 4.69) is 9.55 Å². The van der Waals surface area contributed by atoms with Crippen LogP contribution >= 0.6 is 0 Å². The van der Waals surface area contributed by atoms with E-state index in [-0.39, 0.29) is 23.9 Å². The second-order valence-corrected chi connectivity index (χ2v) is 10.5. The van der Waals surface area contributed by atoms with Gasteiger partial charge in [0.1, 0.15) is 5.82 Å². The maximum atomic E-state index is 13.2. The molecule has 1 aliphatic rings. The van der Waals surface area contributed by atoms with E-state index in [0.717, 1.165) is 28.1 Å². The molecule has 0 N–H and O–H groups in total. The predicted molar refractivity (Wildman–Crippen MR) is 132 cm³/mol. The minimum atomic E-state index is -3.57. The highest BCUT2D eigenvalue weighted by Crippen LogP contribution is 2.24. The summed E-state index contributed by atoms with van der Waals surface area (Å²) in [6.07, 6.45) is 0. The van der Waals surface area contributed by atoms with E-state index in [4.69, 9.17) is 0 Å². The fourth-order valence-corrected chi connectivity index (χ4v) is 5.83. The fourth-order valence-electron chi connectivity index (χ4n) is 4.41. The summed E-state index contributed by atoms with van der Waals surface area (Å²) in [6, 6.07) is 22.4. The maximum Gasteiger partial charge on any atom is 0.254 e. The van der Waals surface area contributed by atoms with Crippen LogP contribution in [0.4, 0.5) is 0 Å². The fraction of sp³-hybridized carbons (Fsp3) is 0.231. The molecule has 1 amide bonds. The molecule has 8 heteroatoms. The van der Waals surface area contributed by atoms with Crippen LogP contribution in [-0.4, -0.2) is 59.3 Å². The van der Waals surface area contributed by atoms with Gasteiger partial charge in [0.05, 0.1) is 15.9 Å². The van der Waals surface area contributed by atoms with Crippen LogP contribution in [0.5, 0.6) is 0 Å². The van der Waals surface area contributed by atoms with Gasteiger partial charge in [-0.05, 0) is 56.3 Å². The van der Waals surface area contributed by atoms with E-state index < -0.39 is 10.0 Å². The Morgan fingerprint density at radius 2 is 1.53 bits per heavy atom. The van der Waals surface area contributed by atoms with Crippen LogP contribution in [-0.2, 0) is 10.0 Å². The number of aromatic nitrogens is 2. The zero-order valence-corrected chi connectivity index (χ0v) is 20.0. The van der Waals surface area contributed by atoms with Crippen LogP contribution in [0, 0.1) is 13.8 Å². The standard InChI is InChI=1S/C26H26N4O3S/c1-19-8-11-23(12-9-19)34(32,33)29-16-14-28(15-17-29)26(31)21-10-13-25-24(18-21)27-20(2)30(25)22-6-4-3-5-7-22/h3-13,18H,14-17H2,1-2H3. The van der Waals surface area contributed by atoms with Crippen molar-refractivity contribution in [1.29, 1.82) is 0 Å². The smallest absolute Gasteiger partial charge is 0.254 e. The largest absolute Gasteiger partial charge is 0.336 e. The SMILES string of the molecule is Cc1ccc(S(=O)(=O)N2CCN(C(=O)c3ccc4c(c3)nc(C)n4-c3ccccc3)CC2)cc1. The van der Waals surface area contributed by atoms with Gasteiger partial charge in [0.15, 0.2) is 0 Å². The van der Waals surface area contributed by atoms with Gasteiger partial charge < -0.3 is 4.90 Å². The summed E-state index contributed by atoms with van der Waals surface area (Å²) in [4.78, 5) is 19.9. The zero-order chi connectivity index (χ0) is 23.9. The lowest BCUT2D eigenvalue weighted by atomic mass is 10.1. The molecule has 0 spiro atoms. The number of hydrogen-bond acceptors (Lipinski definition) is 4. The van der Waals surface area contributed by atoms with E-state index in [9.17, 15) is 13.2 Å². The first-order valence-corrected chi connectivity index (χ1v) is 12.7. The number of imidazole rings is 1. The average Bonchev–Trinajstić information content (AvgIpc) is 3.19. The summed E-state index contributed by atoms with van der Waals surface area (Å²) in [5.74, 6) is 0.738. The zero-order valence-electron chi connectivity index (χ0n) is 19.2. The highest BCUT2D eigenvalue weighted by molar-refractivity contribution is 7.89. The Hall–Kier alpha value is -3.49. The van der Waals surface area contributed by atoms with Gasteiger partial charge in [-0.3, -0.25) is 9.36 Å². The lowest BCUT2D eigenvalue weighted by Crippen LogP contribution is -2.50. The molecule has 0 atom stereocenters. The molecular formula is C26H26N4O3S. The van der Waals surface area contributed by atoms with Gasteiger partial charge in [0.2, 0.25) is 10.0 Å². The summed E-state index contributed by atoms with van der Waals surface area (Å²) in [7, 11) is -3.57. The normalized spacial score (nSPS) is 15.1. The van der Waals surface area contributed by atoms with Gasteiger partial charge in [-0.2, -0.15) is 4.31 Å². The van der Waals surface area contributed by atoms with Gasteiger partial charge in [0.25, 0.3) is 5.91 Å². The van der Waals surface area contributed by atoms with Crippen molar-refractivity contribution in [2.24, 2.45) is 0 Å². The van der Waals surface area contributed by atoms with Crippen molar-refractivity contribution in [2.75, 3.05) is 26.2 Å². The number of hydrogen-bond donors (Lipinski definition) is 0. The Balaban J connectivity index is 1.33. The summed E-state index contributed by atoms with van der Waals surface area (Å²) >= 11 is 0. The number of sulfonamides is 1. The maximum absolute atomic E-state index is 13.2. The molecule has 1 aliphatic heterocycles. The molecule has 174 valence electrons. The molecule has 1 saturated heterocycles. The quantitative estimate of drug-likeness (QED) is 0.451. The number of carbonyl (C=O) groups is 1. The van der Waals surface area contributed by atoms with Crippen LogP contribution in [0.25, 0.3) is 16.7 Å². The summed E-state index contributed by atoms with van der Waals surface area (Å²) in [6.45, 7) is 5.10. The molecule has 0 radical (unpaired) electrons. The van der Waals surface area contributed by atoms with Crippen molar-refractivity contribution in [3.05, 3.63) is 89.7 Å². The number of para-hydroxylation sites is 1. The molecule has 1 aromatic heterocycles. The van der Waals surface area contributed by atoms with E-state index in [1.165, 1.54) is 4.31 Å². The monoisotopic (exact) mass is 474 g/mol. The number of benzene rings is 3. The molecule has 0 unspecified atom stereocenters. The first-order valence-electron chi connectivity index (χ1n) is 11.3. The summed E-state index contributed by atoms with van der Waals surface area (Å²) < 4.78 is 29.4. The van der Waals surface area contributed by atoms with Crippen molar-refractivity contribution in [3.63, 3.8) is 0 Å². The molecule has 0 aliphatic carbocycles. The molecule has 1 fully saturated rings. The van der Waals surface area contributed by atoms with Gasteiger partial charge >= 0.3 is 0 Å². The summed E-state index contributed by atoms with van der Waals surface area (Å²) in [5.41, 5.74) is 4.28. The van der Waals surface area contributed by atoms with Gasteiger partial charge in [-0.1, -0.05) is 35.9 Å². The number of fused-ring (bicyclic) bond motifs is 1. The molecule has 0 bridgehead atoms. The Morgan fingerprint density at radius 3 is 2.21 bits per heavy atom. The van der Waals surface area contributed by atoms with E-state index in [0.29, 0.717) is 18.7 Å². The van der Waals surface area contributed by atoms with Crippen molar-refractivity contribution in [3.8, 4) is 5.69 Å². The molecule has 3 aromatic carbocycles. The lowest BCUT2D eigenvalue weighted by Gasteiger charge is -2.34. The summed E-state index contributed by atoms with van der Waals surface area (Å²) in [5, 5.41) is 0. The Labute approximate surface area is 199 Å². The molecule has 5 rings (SSSR count). The van der Waals surface area contributed by atoms with Crippen molar-refractivity contribution >= 4 is 27.0 Å². The molecule has 2 heterocycles. The number of aryl methyl sites for hydroxylation is 2.